The highest BCUT2D eigenvalue weighted by Crippen LogP contribution is 2.34. The van der Waals surface area contributed by atoms with E-state index in [1.165, 1.54) is 0 Å². The van der Waals surface area contributed by atoms with Crippen LogP contribution in [0.25, 0.3) is 11.0 Å². The number of H-pyrrole nitrogens is 1. The van der Waals surface area contributed by atoms with Crippen LogP contribution in [0.3, 0.4) is 0 Å². The van der Waals surface area contributed by atoms with Gasteiger partial charge in [-0.3, -0.25) is 0 Å². The molecule has 3 rings (SSSR count). The van der Waals surface area contributed by atoms with Crippen molar-refractivity contribution in [2.75, 3.05) is 0 Å². The second-order valence-corrected chi connectivity index (χ2v) is 6.56. The maximum Gasteiger partial charge on any atom is 0.178 e. The molecule has 2 aromatic rings. The molecule has 1 saturated carbocycles. The lowest BCUT2D eigenvalue weighted by Gasteiger charge is -2.22. The summed E-state index contributed by atoms with van der Waals surface area (Å²) in [7, 11) is 0. The average molecular weight is 331 g/mol. The Kier molecular flexibility index (Phi) is 4.09. The molecule has 2 atom stereocenters. The number of rotatable bonds is 1. The van der Waals surface area contributed by atoms with Crippen LogP contribution < -0.4 is 0 Å². The third-order valence-corrected chi connectivity index (χ3v) is 5.06. The van der Waals surface area contributed by atoms with E-state index in [0.29, 0.717) is 14.8 Å². The Labute approximate surface area is 132 Å². The fraction of sp³-hybridized carbons (Fsp3) is 0.500. The lowest BCUT2D eigenvalue weighted by atomic mass is 10.1. The van der Waals surface area contributed by atoms with E-state index in [9.17, 15) is 5.11 Å². The van der Waals surface area contributed by atoms with Gasteiger partial charge in [0.1, 0.15) is 0 Å². The number of fused-ring (bicyclic) bond motifs is 1. The molecule has 0 radical (unpaired) electrons. The Bertz CT molecular complexity index is 694. The molecule has 108 valence electrons. The lowest BCUT2D eigenvalue weighted by Crippen LogP contribution is -2.23. The van der Waals surface area contributed by atoms with Gasteiger partial charge in [-0.1, -0.05) is 42.5 Å². The summed E-state index contributed by atoms with van der Waals surface area (Å²) in [6.07, 6.45) is 4.73. The topological polar surface area (TPSA) is 41.0 Å². The van der Waals surface area contributed by atoms with Gasteiger partial charge in [0.05, 0.1) is 33.2 Å². The van der Waals surface area contributed by atoms with E-state index >= 15 is 0 Å². The quantitative estimate of drug-likeness (QED) is 0.578. The second-order valence-electron chi connectivity index (χ2n) is 5.36. The van der Waals surface area contributed by atoms with Gasteiger partial charge in [-0.25, -0.2) is 0 Å². The van der Waals surface area contributed by atoms with Gasteiger partial charge in [0, 0.05) is 0 Å². The number of aliphatic hydroxyl groups is 1. The summed E-state index contributed by atoms with van der Waals surface area (Å²) in [5, 5.41) is 11.4. The molecule has 1 aliphatic carbocycles. The zero-order valence-electron chi connectivity index (χ0n) is 10.9. The van der Waals surface area contributed by atoms with Crippen LogP contribution in [-0.4, -0.2) is 20.8 Å². The first kappa shape index (κ1) is 14.4. The van der Waals surface area contributed by atoms with E-state index in [2.05, 4.69) is 4.98 Å². The van der Waals surface area contributed by atoms with Crippen LogP contribution in [0.5, 0.6) is 0 Å². The molecule has 3 nitrogen and oxygen atoms in total. The van der Waals surface area contributed by atoms with Crippen molar-refractivity contribution in [3.8, 4) is 0 Å². The zero-order chi connectivity index (χ0) is 14.3. The number of aromatic nitrogens is 2. The van der Waals surface area contributed by atoms with Crippen LogP contribution in [0.15, 0.2) is 12.1 Å². The van der Waals surface area contributed by atoms with Crippen molar-refractivity contribution < 1.29 is 5.11 Å². The number of aliphatic hydroxyl groups excluding tert-OH is 1. The number of hydrogen-bond acceptors (Lipinski definition) is 2. The van der Waals surface area contributed by atoms with Crippen molar-refractivity contribution in [2.45, 2.75) is 44.2 Å². The van der Waals surface area contributed by atoms with E-state index in [1.807, 2.05) is 10.6 Å². The molecule has 1 fully saturated rings. The third kappa shape index (κ3) is 2.50. The first-order valence-corrected chi connectivity index (χ1v) is 8.01. The summed E-state index contributed by atoms with van der Waals surface area (Å²) in [4.78, 5) is 3.16. The minimum Gasteiger partial charge on any atom is -0.391 e. The van der Waals surface area contributed by atoms with Gasteiger partial charge in [0.2, 0.25) is 0 Å². The average Bonchev–Trinajstić information content (AvgIpc) is 2.58. The number of imidazole rings is 1. The minimum atomic E-state index is -0.363. The molecular formula is C14H16Cl2N2OS. The lowest BCUT2D eigenvalue weighted by molar-refractivity contribution is 0.107. The molecule has 0 spiro atoms. The van der Waals surface area contributed by atoms with Crippen LogP contribution in [0.4, 0.5) is 0 Å². The van der Waals surface area contributed by atoms with Crippen molar-refractivity contribution in [1.29, 1.82) is 0 Å². The standard InChI is InChI=1S/C14H16Cl2N2OS/c15-8-6-10-12(7-9(8)16)18(14(20)17-10)11-4-2-1-3-5-13(11)19/h6-7,11,13,19H,1-5H2,(H,17,20). The SMILES string of the molecule is OC1CCCCCC1n1c(=S)[nH]c2cc(Cl)c(Cl)cc21. The van der Waals surface area contributed by atoms with Gasteiger partial charge in [0.25, 0.3) is 0 Å². The normalized spacial score (nSPS) is 23.9. The maximum atomic E-state index is 10.4. The smallest absolute Gasteiger partial charge is 0.178 e. The summed E-state index contributed by atoms with van der Waals surface area (Å²) in [5.41, 5.74) is 1.77. The molecule has 2 N–H and O–H groups in total. The third-order valence-electron chi connectivity index (χ3n) is 4.03. The zero-order valence-corrected chi connectivity index (χ0v) is 13.2. The molecule has 1 aromatic heterocycles. The number of nitrogens with zero attached hydrogens (tertiary/aromatic N) is 1. The van der Waals surface area contributed by atoms with Crippen molar-refractivity contribution in [3.05, 3.63) is 26.9 Å². The largest absolute Gasteiger partial charge is 0.391 e. The highest BCUT2D eigenvalue weighted by Gasteiger charge is 2.25. The van der Waals surface area contributed by atoms with Crippen LogP contribution in [0, 0.1) is 4.77 Å². The van der Waals surface area contributed by atoms with E-state index in [-0.39, 0.29) is 12.1 Å². The van der Waals surface area contributed by atoms with E-state index in [0.717, 1.165) is 43.1 Å². The molecule has 0 aliphatic heterocycles. The number of nitrogens with one attached hydrogen (secondary N) is 1. The number of hydrogen-bond donors (Lipinski definition) is 2. The molecule has 0 amide bonds. The summed E-state index contributed by atoms with van der Waals surface area (Å²) in [6, 6.07) is 3.62. The number of aromatic amines is 1. The molecule has 1 aliphatic rings. The fourth-order valence-electron chi connectivity index (χ4n) is 3.02. The Morgan fingerprint density at radius 1 is 1.15 bits per heavy atom. The maximum absolute atomic E-state index is 10.4. The summed E-state index contributed by atoms with van der Waals surface area (Å²) < 4.78 is 2.62. The van der Waals surface area contributed by atoms with Crippen LogP contribution in [0.1, 0.15) is 38.1 Å². The fourth-order valence-corrected chi connectivity index (χ4v) is 3.68. The molecule has 6 heteroatoms. The van der Waals surface area contributed by atoms with Crippen molar-refractivity contribution in [3.63, 3.8) is 0 Å². The first-order chi connectivity index (χ1) is 9.58. The van der Waals surface area contributed by atoms with Gasteiger partial charge < -0.3 is 14.7 Å². The predicted molar refractivity (Wildman–Crippen MR) is 85.3 cm³/mol. The minimum absolute atomic E-state index is 0.0102. The summed E-state index contributed by atoms with van der Waals surface area (Å²) in [5.74, 6) is 0. The van der Waals surface area contributed by atoms with Gasteiger partial charge in [0.15, 0.2) is 4.77 Å². The monoisotopic (exact) mass is 330 g/mol. The first-order valence-electron chi connectivity index (χ1n) is 6.85. The number of halogens is 2. The molecule has 1 heterocycles. The second kappa shape index (κ2) is 5.68. The van der Waals surface area contributed by atoms with Crippen LogP contribution in [-0.2, 0) is 0 Å². The molecule has 20 heavy (non-hydrogen) atoms. The van der Waals surface area contributed by atoms with Gasteiger partial charge in [-0.15, -0.1) is 0 Å². The van der Waals surface area contributed by atoms with Gasteiger partial charge in [-0.2, -0.15) is 0 Å². The Balaban J connectivity index is 2.17. The number of benzene rings is 1. The highest BCUT2D eigenvalue weighted by molar-refractivity contribution is 7.71. The van der Waals surface area contributed by atoms with E-state index in [1.54, 1.807) is 6.07 Å². The van der Waals surface area contributed by atoms with Gasteiger partial charge >= 0.3 is 0 Å². The van der Waals surface area contributed by atoms with Gasteiger partial charge in [-0.05, 0) is 37.2 Å². The van der Waals surface area contributed by atoms with Crippen molar-refractivity contribution in [1.82, 2.24) is 9.55 Å². The molecular weight excluding hydrogens is 315 g/mol. The molecule has 0 saturated heterocycles. The van der Waals surface area contributed by atoms with Crippen LogP contribution >= 0.6 is 35.4 Å². The van der Waals surface area contributed by atoms with Crippen molar-refractivity contribution >= 4 is 46.5 Å². The van der Waals surface area contributed by atoms with Crippen LogP contribution in [0.2, 0.25) is 10.0 Å². The Morgan fingerprint density at radius 2 is 1.85 bits per heavy atom. The predicted octanol–water partition coefficient (Wildman–Crippen LogP) is 4.87. The Hall–Kier alpha value is -0.550. The van der Waals surface area contributed by atoms with Crippen molar-refractivity contribution in [2.24, 2.45) is 0 Å². The summed E-state index contributed by atoms with van der Waals surface area (Å²) in [6.45, 7) is 0. The molecule has 0 bridgehead atoms. The molecule has 2 unspecified atom stereocenters. The highest BCUT2D eigenvalue weighted by atomic mass is 35.5. The molecule has 1 aromatic carbocycles. The van der Waals surface area contributed by atoms with E-state index in [4.69, 9.17) is 35.4 Å². The van der Waals surface area contributed by atoms with E-state index < -0.39 is 0 Å². The summed E-state index contributed by atoms with van der Waals surface area (Å²) >= 11 is 17.6. The Morgan fingerprint density at radius 3 is 2.65 bits per heavy atom.